The number of pyridine rings is 1. The molecule has 1 saturated heterocycles. The number of carbonyl (C=O) groups excluding carboxylic acids is 1. The van der Waals surface area contributed by atoms with Gasteiger partial charge in [-0.15, -0.1) is 0 Å². The molecule has 0 saturated carbocycles. The topological polar surface area (TPSA) is 86.9 Å². The average molecular weight is 482 g/mol. The molecule has 35 heavy (non-hydrogen) atoms. The smallest absolute Gasteiger partial charge is 0.338 e. The van der Waals surface area contributed by atoms with Crippen molar-refractivity contribution in [2.45, 2.75) is 47.1 Å². The second-order valence-electron chi connectivity index (χ2n) is 8.17. The summed E-state index contributed by atoms with van der Waals surface area (Å²) >= 11 is 0. The molecule has 2 aromatic carbocycles. The fraction of sp³-hybridized carbons (Fsp3) is 0.429. The van der Waals surface area contributed by atoms with Crippen LogP contribution in [0.15, 0.2) is 47.3 Å². The lowest BCUT2D eigenvalue weighted by atomic mass is 10.0. The highest BCUT2D eigenvalue weighted by Gasteiger charge is 2.15. The van der Waals surface area contributed by atoms with E-state index in [1.165, 1.54) is 0 Å². The van der Waals surface area contributed by atoms with Gasteiger partial charge in [0.15, 0.2) is 5.43 Å². The number of benzene rings is 2. The Bertz CT molecular complexity index is 1180. The fourth-order valence-electron chi connectivity index (χ4n) is 3.86. The van der Waals surface area contributed by atoms with Gasteiger partial charge in [0.2, 0.25) is 0 Å². The number of aromatic amines is 1. The van der Waals surface area contributed by atoms with Crippen molar-refractivity contribution in [3.63, 3.8) is 0 Å². The number of hydrogen-bond donors (Lipinski definition) is 1. The number of carbonyl (C=O) groups is 1. The molecule has 0 aliphatic carbocycles. The first-order valence-corrected chi connectivity index (χ1v) is 12.3. The molecule has 1 aliphatic rings. The number of fused-ring (bicyclic) bond motifs is 1. The molecule has 0 unspecified atom stereocenters. The van der Waals surface area contributed by atoms with Crippen LogP contribution < -0.4 is 14.9 Å². The van der Waals surface area contributed by atoms with Crippen molar-refractivity contribution in [2.75, 3.05) is 26.4 Å². The molecule has 7 nitrogen and oxygen atoms in total. The van der Waals surface area contributed by atoms with E-state index in [0.29, 0.717) is 46.0 Å². The summed E-state index contributed by atoms with van der Waals surface area (Å²) in [5, 5.41) is 0.449. The van der Waals surface area contributed by atoms with Crippen LogP contribution in [0.2, 0.25) is 0 Å². The Hall–Kier alpha value is -3.32. The van der Waals surface area contributed by atoms with Crippen LogP contribution in [0, 0.1) is 12.8 Å². The minimum absolute atomic E-state index is 0.137. The highest BCUT2D eigenvalue weighted by Crippen LogP contribution is 2.23. The molecule has 0 bridgehead atoms. The maximum absolute atomic E-state index is 12.9. The van der Waals surface area contributed by atoms with Crippen molar-refractivity contribution >= 4 is 16.9 Å². The molecule has 7 heteroatoms. The van der Waals surface area contributed by atoms with Gasteiger partial charge in [0.1, 0.15) is 18.1 Å². The minimum atomic E-state index is -0.442. The molecule has 3 aromatic rings. The van der Waals surface area contributed by atoms with Crippen molar-refractivity contribution in [1.82, 2.24) is 4.98 Å². The maximum Gasteiger partial charge on any atom is 0.338 e. The number of ether oxygens (including phenoxy) is 4. The second-order valence-corrected chi connectivity index (χ2v) is 8.17. The van der Waals surface area contributed by atoms with Crippen molar-refractivity contribution in [3.05, 3.63) is 69.5 Å². The summed E-state index contributed by atoms with van der Waals surface area (Å²) in [5.74, 6) is 1.49. The first-order valence-electron chi connectivity index (χ1n) is 12.3. The number of esters is 1. The van der Waals surface area contributed by atoms with Gasteiger partial charge >= 0.3 is 5.97 Å². The van der Waals surface area contributed by atoms with Gasteiger partial charge in [-0.3, -0.25) is 4.79 Å². The van der Waals surface area contributed by atoms with Gasteiger partial charge in [-0.25, -0.2) is 4.79 Å². The molecule has 2 heterocycles. The zero-order chi connectivity index (χ0) is 25.2. The van der Waals surface area contributed by atoms with E-state index in [0.717, 1.165) is 31.8 Å². The summed E-state index contributed by atoms with van der Waals surface area (Å²) in [6.07, 6.45) is 2.04. The monoisotopic (exact) mass is 481 g/mol. The van der Waals surface area contributed by atoms with Crippen LogP contribution in [0.4, 0.5) is 0 Å². The third-order valence-corrected chi connectivity index (χ3v) is 5.87. The Labute approximate surface area is 206 Å². The number of H-pyrrole nitrogens is 1. The molecule has 1 aliphatic heterocycles. The first-order chi connectivity index (χ1) is 17.0. The van der Waals surface area contributed by atoms with Crippen molar-refractivity contribution in [2.24, 2.45) is 5.92 Å². The third-order valence-electron chi connectivity index (χ3n) is 5.87. The van der Waals surface area contributed by atoms with Gasteiger partial charge in [-0.1, -0.05) is 19.9 Å². The molecule has 0 atom stereocenters. The fourth-order valence-corrected chi connectivity index (χ4v) is 3.86. The molecule has 0 amide bonds. The summed E-state index contributed by atoms with van der Waals surface area (Å²) in [5.41, 5.74) is 2.10. The normalized spacial score (nSPS) is 13.6. The summed E-state index contributed by atoms with van der Waals surface area (Å²) in [6.45, 7) is 10.2. The minimum Gasteiger partial charge on any atom is -0.493 e. The molecular weight excluding hydrogens is 446 g/mol. The zero-order valence-corrected chi connectivity index (χ0v) is 21.0. The number of hydrogen-bond acceptors (Lipinski definition) is 6. The molecule has 188 valence electrons. The van der Waals surface area contributed by atoms with Crippen LogP contribution in [0.25, 0.3) is 10.9 Å². The molecular formula is C28H35NO6. The van der Waals surface area contributed by atoms with Gasteiger partial charge in [-0.2, -0.15) is 0 Å². The van der Waals surface area contributed by atoms with E-state index in [1.807, 2.05) is 38.1 Å². The number of aromatic nitrogens is 1. The number of rotatable bonds is 8. The van der Waals surface area contributed by atoms with E-state index in [4.69, 9.17) is 18.9 Å². The van der Waals surface area contributed by atoms with Crippen LogP contribution >= 0.6 is 0 Å². The Kier molecular flexibility index (Phi) is 9.73. The predicted molar refractivity (Wildman–Crippen MR) is 136 cm³/mol. The Morgan fingerprint density at radius 2 is 1.77 bits per heavy atom. The molecule has 1 N–H and O–H groups in total. The van der Waals surface area contributed by atoms with E-state index >= 15 is 0 Å². The molecule has 1 fully saturated rings. The molecule has 4 rings (SSSR count). The van der Waals surface area contributed by atoms with Crippen LogP contribution in [-0.4, -0.2) is 37.4 Å². The van der Waals surface area contributed by atoms with Crippen LogP contribution in [0.1, 0.15) is 55.2 Å². The van der Waals surface area contributed by atoms with Crippen LogP contribution in [0.3, 0.4) is 0 Å². The van der Waals surface area contributed by atoms with Gasteiger partial charge in [0, 0.05) is 35.7 Å². The Morgan fingerprint density at radius 1 is 1.06 bits per heavy atom. The SMILES string of the molecule is CC.CCOC(=O)c1ccc2[nH]c(COc3cccc(OCC4CCOCC4)c3)c(C)c(=O)c2c1. The number of nitrogens with one attached hydrogen (secondary N) is 1. The quantitative estimate of drug-likeness (QED) is 0.432. The largest absolute Gasteiger partial charge is 0.493 e. The Balaban J connectivity index is 0.00000167. The van der Waals surface area contributed by atoms with Gasteiger partial charge in [0.25, 0.3) is 0 Å². The van der Waals surface area contributed by atoms with E-state index < -0.39 is 5.97 Å². The zero-order valence-electron chi connectivity index (χ0n) is 21.0. The molecule has 0 radical (unpaired) electrons. The van der Waals surface area contributed by atoms with Crippen molar-refractivity contribution in [1.29, 1.82) is 0 Å². The van der Waals surface area contributed by atoms with E-state index in [1.54, 1.807) is 32.0 Å². The average Bonchev–Trinajstić information content (AvgIpc) is 2.90. The first kappa shape index (κ1) is 26.3. The predicted octanol–water partition coefficient (Wildman–Crippen LogP) is 5.42. The standard InChI is InChI=1S/C26H29NO6.C2H6/c1-3-31-26(29)19-7-8-23-22(13-19)25(28)17(2)24(27-23)16-33-21-6-4-5-20(14-21)32-15-18-9-11-30-12-10-18;1-2/h4-8,13-14,18H,3,9-12,15-16H2,1-2H3,(H,27,28);1-2H3. The van der Waals surface area contributed by atoms with E-state index in [2.05, 4.69) is 4.98 Å². The maximum atomic E-state index is 12.9. The van der Waals surface area contributed by atoms with Gasteiger partial charge in [-0.05, 0) is 62.9 Å². The third kappa shape index (κ3) is 6.85. The molecule has 1 aromatic heterocycles. The van der Waals surface area contributed by atoms with Gasteiger partial charge in [0.05, 0.1) is 24.5 Å². The summed E-state index contributed by atoms with van der Waals surface area (Å²) in [4.78, 5) is 28.2. The van der Waals surface area contributed by atoms with E-state index in [-0.39, 0.29) is 18.6 Å². The van der Waals surface area contributed by atoms with Crippen LogP contribution in [-0.2, 0) is 16.1 Å². The van der Waals surface area contributed by atoms with Crippen LogP contribution in [0.5, 0.6) is 11.5 Å². The second kappa shape index (κ2) is 13.0. The lowest BCUT2D eigenvalue weighted by Crippen LogP contribution is -2.21. The van der Waals surface area contributed by atoms with Crippen molar-refractivity contribution in [3.8, 4) is 11.5 Å². The lowest BCUT2D eigenvalue weighted by molar-refractivity contribution is 0.0497. The highest BCUT2D eigenvalue weighted by molar-refractivity contribution is 5.94. The Morgan fingerprint density at radius 3 is 2.49 bits per heavy atom. The molecule has 0 spiro atoms. The van der Waals surface area contributed by atoms with E-state index in [9.17, 15) is 9.59 Å². The summed E-state index contributed by atoms with van der Waals surface area (Å²) in [6, 6.07) is 12.5. The van der Waals surface area contributed by atoms with Gasteiger partial charge < -0.3 is 23.9 Å². The highest BCUT2D eigenvalue weighted by atomic mass is 16.5. The summed E-state index contributed by atoms with van der Waals surface area (Å²) < 4.78 is 22.3. The lowest BCUT2D eigenvalue weighted by Gasteiger charge is -2.22. The summed E-state index contributed by atoms with van der Waals surface area (Å²) in [7, 11) is 0. The van der Waals surface area contributed by atoms with Crippen molar-refractivity contribution < 1.29 is 23.7 Å².